The topological polar surface area (TPSA) is 40.5 Å². The summed E-state index contributed by atoms with van der Waals surface area (Å²) in [6, 6.07) is -0.0231. The maximum absolute atomic E-state index is 10.9. The Hall–Kier alpha value is -0.990. The van der Waals surface area contributed by atoms with Gasteiger partial charge in [0.05, 0.1) is 6.04 Å². The van der Waals surface area contributed by atoms with Crippen LogP contribution in [0.25, 0.3) is 0 Å². The van der Waals surface area contributed by atoms with Crippen LogP contribution in [-0.2, 0) is 0 Å². The molecule has 0 bridgehead atoms. The third kappa shape index (κ3) is 1.85. The molecule has 1 aliphatic rings. The van der Waals surface area contributed by atoms with Gasteiger partial charge in [-0.3, -0.25) is 0 Å². The molecule has 1 heterocycles. The van der Waals surface area contributed by atoms with Crippen LogP contribution in [-0.4, -0.2) is 28.7 Å². The SMILES string of the molecule is C=C1CCN(C(=O)O)C1C(C)(C)C. The first-order valence-corrected chi connectivity index (χ1v) is 4.51. The van der Waals surface area contributed by atoms with Crippen LogP contribution >= 0.6 is 0 Å². The fraction of sp³-hybridized carbons (Fsp3) is 0.700. The normalized spacial score (nSPS) is 23.8. The molecule has 1 rings (SSSR count). The minimum atomic E-state index is -0.835. The largest absolute Gasteiger partial charge is 0.465 e. The van der Waals surface area contributed by atoms with E-state index in [1.165, 1.54) is 4.90 Å². The van der Waals surface area contributed by atoms with E-state index in [1.807, 2.05) is 20.8 Å². The number of nitrogens with zero attached hydrogens (tertiary/aromatic N) is 1. The molecule has 1 N–H and O–H groups in total. The molecule has 1 unspecified atom stereocenters. The minimum Gasteiger partial charge on any atom is -0.465 e. The average molecular weight is 183 g/mol. The van der Waals surface area contributed by atoms with Crippen LogP contribution < -0.4 is 0 Å². The quantitative estimate of drug-likeness (QED) is 0.585. The van der Waals surface area contributed by atoms with Crippen molar-refractivity contribution in [3.63, 3.8) is 0 Å². The first-order valence-electron chi connectivity index (χ1n) is 4.51. The van der Waals surface area contributed by atoms with Gasteiger partial charge in [0.1, 0.15) is 0 Å². The molecule has 1 saturated heterocycles. The monoisotopic (exact) mass is 183 g/mol. The van der Waals surface area contributed by atoms with E-state index in [0.717, 1.165) is 12.0 Å². The zero-order chi connectivity index (χ0) is 10.2. The zero-order valence-corrected chi connectivity index (χ0v) is 8.50. The van der Waals surface area contributed by atoms with Crippen LogP contribution in [0.5, 0.6) is 0 Å². The summed E-state index contributed by atoms with van der Waals surface area (Å²) in [6.07, 6.45) is -0.0348. The summed E-state index contributed by atoms with van der Waals surface area (Å²) in [6.45, 7) is 10.7. The molecule has 0 aromatic heterocycles. The molecular formula is C10H17NO2. The van der Waals surface area contributed by atoms with Crippen LogP contribution in [0.15, 0.2) is 12.2 Å². The maximum atomic E-state index is 10.9. The predicted octanol–water partition coefficient (Wildman–Crippen LogP) is 2.34. The minimum absolute atomic E-state index is 0.0231. The highest BCUT2D eigenvalue weighted by molar-refractivity contribution is 5.67. The molecule has 13 heavy (non-hydrogen) atoms. The Balaban J connectivity index is 2.90. The molecule has 0 aromatic rings. The lowest BCUT2D eigenvalue weighted by Gasteiger charge is -2.33. The summed E-state index contributed by atoms with van der Waals surface area (Å²) in [5.41, 5.74) is 0.987. The standard InChI is InChI=1S/C10H17NO2/c1-7-5-6-11(9(12)13)8(7)10(2,3)4/h8H,1,5-6H2,2-4H3,(H,12,13). The van der Waals surface area contributed by atoms with E-state index in [1.54, 1.807) is 0 Å². The van der Waals surface area contributed by atoms with E-state index in [0.29, 0.717) is 6.54 Å². The van der Waals surface area contributed by atoms with Crippen molar-refractivity contribution in [1.82, 2.24) is 4.90 Å². The first kappa shape index (κ1) is 10.1. The number of hydrogen-bond acceptors (Lipinski definition) is 1. The maximum Gasteiger partial charge on any atom is 0.407 e. The van der Waals surface area contributed by atoms with Crippen molar-refractivity contribution in [2.24, 2.45) is 5.41 Å². The summed E-state index contributed by atoms with van der Waals surface area (Å²) < 4.78 is 0. The Morgan fingerprint density at radius 1 is 1.62 bits per heavy atom. The van der Waals surface area contributed by atoms with Gasteiger partial charge in [-0.1, -0.05) is 32.9 Å². The fourth-order valence-electron chi connectivity index (χ4n) is 2.04. The van der Waals surface area contributed by atoms with Crippen molar-refractivity contribution in [3.05, 3.63) is 12.2 Å². The third-order valence-electron chi connectivity index (χ3n) is 2.44. The van der Waals surface area contributed by atoms with Crippen molar-refractivity contribution < 1.29 is 9.90 Å². The highest BCUT2D eigenvalue weighted by atomic mass is 16.4. The average Bonchev–Trinajstić information content (AvgIpc) is 2.28. The number of hydrogen-bond donors (Lipinski definition) is 1. The Morgan fingerprint density at radius 2 is 2.15 bits per heavy atom. The van der Waals surface area contributed by atoms with Gasteiger partial charge >= 0.3 is 6.09 Å². The smallest absolute Gasteiger partial charge is 0.407 e. The van der Waals surface area contributed by atoms with Gasteiger partial charge in [-0.05, 0) is 11.8 Å². The molecule has 0 aromatic carbocycles. The molecule has 74 valence electrons. The van der Waals surface area contributed by atoms with Gasteiger partial charge in [-0.25, -0.2) is 4.79 Å². The van der Waals surface area contributed by atoms with E-state index >= 15 is 0 Å². The van der Waals surface area contributed by atoms with Gasteiger partial charge in [0.15, 0.2) is 0 Å². The van der Waals surface area contributed by atoms with E-state index in [4.69, 9.17) is 5.11 Å². The van der Waals surface area contributed by atoms with Gasteiger partial charge < -0.3 is 10.0 Å². The van der Waals surface area contributed by atoms with Crippen molar-refractivity contribution in [1.29, 1.82) is 0 Å². The number of likely N-dealkylation sites (tertiary alicyclic amines) is 1. The van der Waals surface area contributed by atoms with Crippen LogP contribution in [0, 0.1) is 5.41 Å². The lowest BCUT2D eigenvalue weighted by atomic mass is 9.83. The number of carboxylic acid groups (broad SMARTS) is 1. The van der Waals surface area contributed by atoms with Crippen molar-refractivity contribution in [2.75, 3.05) is 6.54 Å². The van der Waals surface area contributed by atoms with Crippen molar-refractivity contribution in [2.45, 2.75) is 33.2 Å². The predicted molar refractivity (Wildman–Crippen MR) is 51.7 cm³/mol. The summed E-state index contributed by atoms with van der Waals surface area (Å²) in [5, 5.41) is 8.95. The number of amides is 1. The summed E-state index contributed by atoms with van der Waals surface area (Å²) in [7, 11) is 0. The Labute approximate surface area is 79.0 Å². The summed E-state index contributed by atoms with van der Waals surface area (Å²) in [4.78, 5) is 12.4. The second-order valence-electron chi connectivity index (χ2n) is 4.65. The fourth-order valence-corrected chi connectivity index (χ4v) is 2.04. The zero-order valence-electron chi connectivity index (χ0n) is 8.50. The molecule has 3 heteroatoms. The third-order valence-corrected chi connectivity index (χ3v) is 2.44. The molecule has 0 saturated carbocycles. The van der Waals surface area contributed by atoms with Gasteiger partial charge in [0.2, 0.25) is 0 Å². The van der Waals surface area contributed by atoms with Gasteiger partial charge in [0, 0.05) is 6.54 Å². The van der Waals surface area contributed by atoms with Crippen LogP contribution in [0.1, 0.15) is 27.2 Å². The van der Waals surface area contributed by atoms with E-state index in [9.17, 15) is 4.79 Å². The van der Waals surface area contributed by atoms with Crippen LogP contribution in [0.3, 0.4) is 0 Å². The lowest BCUT2D eigenvalue weighted by molar-refractivity contribution is 0.115. The van der Waals surface area contributed by atoms with Crippen LogP contribution in [0.4, 0.5) is 4.79 Å². The molecule has 0 radical (unpaired) electrons. The van der Waals surface area contributed by atoms with E-state index in [-0.39, 0.29) is 11.5 Å². The molecule has 0 aliphatic carbocycles. The number of rotatable bonds is 0. The molecule has 1 amide bonds. The Kier molecular flexibility index (Phi) is 2.37. The number of carbonyl (C=O) groups is 1. The molecular weight excluding hydrogens is 166 g/mol. The summed E-state index contributed by atoms with van der Waals surface area (Å²) in [5.74, 6) is 0. The van der Waals surface area contributed by atoms with Crippen LogP contribution in [0.2, 0.25) is 0 Å². The molecule has 3 nitrogen and oxygen atoms in total. The Bertz CT molecular complexity index is 240. The van der Waals surface area contributed by atoms with Gasteiger partial charge in [0.25, 0.3) is 0 Å². The highest BCUT2D eigenvalue weighted by Crippen LogP contribution is 2.35. The second-order valence-corrected chi connectivity index (χ2v) is 4.65. The highest BCUT2D eigenvalue weighted by Gasteiger charge is 2.39. The van der Waals surface area contributed by atoms with Gasteiger partial charge in [-0.15, -0.1) is 0 Å². The van der Waals surface area contributed by atoms with Crippen molar-refractivity contribution in [3.8, 4) is 0 Å². The van der Waals surface area contributed by atoms with Crippen molar-refractivity contribution >= 4 is 6.09 Å². The first-order chi connectivity index (χ1) is 5.84. The molecule has 1 fully saturated rings. The van der Waals surface area contributed by atoms with E-state index in [2.05, 4.69) is 6.58 Å². The van der Waals surface area contributed by atoms with Gasteiger partial charge in [-0.2, -0.15) is 0 Å². The van der Waals surface area contributed by atoms with E-state index < -0.39 is 6.09 Å². The summed E-state index contributed by atoms with van der Waals surface area (Å²) >= 11 is 0. The Morgan fingerprint density at radius 3 is 2.46 bits per heavy atom. The molecule has 1 aliphatic heterocycles. The lowest BCUT2D eigenvalue weighted by Crippen LogP contribution is -2.42. The molecule has 1 atom stereocenters. The second kappa shape index (κ2) is 3.05. The molecule has 0 spiro atoms.